The predicted octanol–water partition coefficient (Wildman–Crippen LogP) is 5.19. The monoisotopic (exact) mass is 496 g/mol. The van der Waals surface area contributed by atoms with Crippen molar-refractivity contribution < 1.29 is 17.9 Å². The molecule has 0 unspecified atom stereocenters. The van der Waals surface area contributed by atoms with Crippen LogP contribution >= 0.6 is 0 Å². The summed E-state index contributed by atoms with van der Waals surface area (Å²) >= 11 is 0. The summed E-state index contributed by atoms with van der Waals surface area (Å²) in [6, 6.07) is 12.2. The van der Waals surface area contributed by atoms with Crippen LogP contribution in [0, 0.1) is 11.3 Å². The smallest absolute Gasteiger partial charge is 0.377 e. The van der Waals surface area contributed by atoms with Crippen LogP contribution in [0.2, 0.25) is 0 Å². The van der Waals surface area contributed by atoms with Crippen LogP contribution in [0.1, 0.15) is 42.1 Å². The average molecular weight is 497 g/mol. The van der Waals surface area contributed by atoms with E-state index in [0.29, 0.717) is 37.6 Å². The van der Waals surface area contributed by atoms with Crippen molar-refractivity contribution in [2.75, 3.05) is 30.4 Å². The summed E-state index contributed by atoms with van der Waals surface area (Å²) in [5, 5.41) is 12.7. The Kier molecular flexibility index (Phi) is 7.13. The van der Waals surface area contributed by atoms with Crippen LogP contribution in [0.5, 0.6) is 0 Å². The van der Waals surface area contributed by atoms with Gasteiger partial charge in [0.15, 0.2) is 5.82 Å². The van der Waals surface area contributed by atoms with Crippen LogP contribution < -0.4 is 10.2 Å². The maximum absolute atomic E-state index is 13.6. The molecule has 0 spiro atoms. The quantitative estimate of drug-likeness (QED) is 0.503. The summed E-state index contributed by atoms with van der Waals surface area (Å²) in [6.45, 7) is 4.60. The van der Waals surface area contributed by atoms with E-state index >= 15 is 0 Å². The standard InChI is InChI=1S/C26H27F3N6O/c1-25(2,16-30)17-6-8-18(9-7-17)32-23-19-10-13-35(14-11-21(19)33-22(34-23)15-36-3)24-20(26(27,28)29)5-4-12-31-24/h4-9,12H,10-11,13-15H2,1-3H3,(H,32,33,34). The normalized spacial score (nSPS) is 14.1. The van der Waals surface area contributed by atoms with Gasteiger partial charge in [-0.2, -0.15) is 18.4 Å². The number of nitriles is 1. The number of ether oxygens (including phenoxy) is 1. The minimum atomic E-state index is -4.49. The number of pyridine rings is 1. The van der Waals surface area contributed by atoms with Crippen molar-refractivity contribution in [3.63, 3.8) is 0 Å². The second kappa shape index (κ2) is 10.1. The zero-order valence-corrected chi connectivity index (χ0v) is 20.4. The van der Waals surface area contributed by atoms with Crippen LogP contribution in [0.25, 0.3) is 0 Å². The topological polar surface area (TPSA) is 87.0 Å². The number of hydrogen-bond acceptors (Lipinski definition) is 7. The Morgan fingerprint density at radius 3 is 2.47 bits per heavy atom. The van der Waals surface area contributed by atoms with Gasteiger partial charge in [-0.1, -0.05) is 12.1 Å². The maximum atomic E-state index is 13.6. The Labute approximate surface area is 208 Å². The highest BCUT2D eigenvalue weighted by Gasteiger charge is 2.36. The lowest BCUT2D eigenvalue weighted by molar-refractivity contribution is -0.137. The van der Waals surface area contributed by atoms with Gasteiger partial charge >= 0.3 is 6.18 Å². The van der Waals surface area contributed by atoms with Gasteiger partial charge in [0.25, 0.3) is 0 Å². The minimum Gasteiger partial charge on any atom is -0.377 e. The molecule has 1 aliphatic rings. The average Bonchev–Trinajstić information content (AvgIpc) is 3.07. The summed E-state index contributed by atoms with van der Waals surface area (Å²) in [5.41, 5.74) is 1.93. The van der Waals surface area contributed by atoms with Crippen molar-refractivity contribution in [3.8, 4) is 6.07 Å². The molecule has 3 aromatic rings. The molecule has 0 radical (unpaired) electrons. The molecule has 1 aliphatic heterocycles. The fourth-order valence-corrected chi connectivity index (χ4v) is 4.20. The number of rotatable bonds is 6. The maximum Gasteiger partial charge on any atom is 0.419 e. The van der Waals surface area contributed by atoms with Gasteiger partial charge in [0.1, 0.15) is 18.2 Å². The number of anilines is 3. The number of hydrogen-bond donors (Lipinski definition) is 1. The molecule has 36 heavy (non-hydrogen) atoms. The van der Waals surface area contributed by atoms with Gasteiger partial charge in [0, 0.05) is 44.1 Å². The predicted molar refractivity (Wildman–Crippen MR) is 130 cm³/mol. The third-order valence-corrected chi connectivity index (χ3v) is 6.20. The molecule has 7 nitrogen and oxygen atoms in total. The van der Waals surface area contributed by atoms with Gasteiger partial charge in [0.05, 0.1) is 22.7 Å². The first-order valence-corrected chi connectivity index (χ1v) is 11.6. The van der Waals surface area contributed by atoms with E-state index in [-0.39, 0.29) is 12.4 Å². The Hall–Kier alpha value is -3.71. The summed E-state index contributed by atoms with van der Waals surface area (Å²) in [6.07, 6.45) is -2.23. The lowest BCUT2D eigenvalue weighted by Crippen LogP contribution is -2.29. The van der Waals surface area contributed by atoms with Crippen molar-refractivity contribution >= 4 is 17.3 Å². The van der Waals surface area contributed by atoms with Crippen molar-refractivity contribution in [1.82, 2.24) is 15.0 Å². The van der Waals surface area contributed by atoms with Crippen LogP contribution in [0.3, 0.4) is 0 Å². The van der Waals surface area contributed by atoms with Crippen molar-refractivity contribution in [1.29, 1.82) is 5.26 Å². The molecule has 10 heteroatoms. The Morgan fingerprint density at radius 1 is 1.08 bits per heavy atom. The molecule has 0 aliphatic carbocycles. The van der Waals surface area contributed by atoms with Crippen molar-refractivity contribution in [3.05, 3.63) is 70.8 Å². The van der Waals surface area contributed by atoms with E-state index in [1.54, 1.807) is 12.0 Å². The number of aromatic nitrogens is 3. The van der Waals surface area contributed by atoms with E-state index in [1.165, 1.54) is 12.3 Å². The van der Waals surface area contributed by atoms with Crippen molar-refractivity contribution in [2.45, 2.75) is 44.9 Å². The van der Waals surface area contributed by atoms with Crippen LogP contribution in [-0.2, 0) is 35.8 Å². The second-order valence-corrected chi connectivity index (χ2v) is 9.15. The van der Waals surface area contributed by atoms with Gasteiger partial charge in [-0.3, -0.25) is 0 Å². The van der Waals surface area contributed by atoms with E-state index in [2.05, 4.69) is 26.3 Å². The van der Waals surface area contributed by atoms with Crippen molar-refractivity contribution in [2.24, 2.45) is 0 Å². The highest BCUT2D eigenvalue weighted by Crippen LogP contribution is 2.36. The molecule has 188 valence electrons. The summed E-state index contributed by atoms with van der Waals surface area (Å²) in [5.74, 6) is 1.01. The van der Waals surface area contributed by atoms with E-state index in [0.717, 1.165) is 28.6 Å². The molecular weight excluding hydrogens is 469 g/mol. The van der Waals surface area contributed by atoms with Crippen LogP contribution in [-0.4, -0.2) is 35.2 Å². The van der Waals surface area contributed by atoms with E-state index in [9.17, 15) is 18.4 Å². The first-order valence-electron chi connectivity index (χ1n) is 11.6. The number of benzene rings is 1. The van der Waals surface area contributed by atoms with E-state index in [1.807, 2.05) is 38.1 Å². The Morgan fingerprint density at radius 2 is 1.81 bits per heavy atom. The number of methoxy groups -OCH3 is 1. The van der Waals surface area contributed by atoms with Crippen LogP contribution in [0.15, 0.2) is 42.6 Å². The molecule has 0 saturated heterocycles. The van der Waals surface area contributed by atoms with E-state index < -0.39 is 17.2 Å². The molecule has 4 rings (SSSR count). The Bertz CT molecular complexity index is 1270. The summed E-state index contributed by atoms with van der Waals surface area (Å²) < 4.78 is 46.1. The summed E-state index contributed by atoms with van der Waals surface area (Å²) in [7, 11) is 1.55. The highest BCUT2D eigenvalue weighted by molar-refractivity contribution is 5.62. The zero-order chi connectivity index (χ0) is 25.9. The third kappa shape index (κ3) is 5.41. The number of nitrogens with one attached hydrogen (secondary N) is 1. The van der Waals surface area contributed by atoms with Gasteiger partial charge in [-0.25, -0.2) is 15.0 Å². The molecule has 0 atom stereocenters. The van der Waals surface area contributed by atoms with Gasteiger partial charge in [-0.05, 0) is 50.1 Å². The lowest BCUT2D eigenvalue weighted by atomic mass is 9.86. The largest absolute Gasteiger partial charge is 0.419 e. The molecule has 0 fully saturated rings. The molecule has 1 aromatic carbocycles. The highest BCUT2D eigenvalue weighted by atomic mass is 19.4. The molecule has 1 N–H and O–H groups in total. The second-order valence-electron chi connectivity index (χ2n) is 9.15. The molecule has 0 amide bonds. The third-order valence-electron chi connectivity index (χ3n) is 6.20. The minimum absolute atomic E-state index is 0.0758. The van der Waals surface area contributed by atoms with E-state index in [4.69, 9.17) is 4.74 Å². The number of nitrogens with zero attached hydrogens (tertiary/aromatic N) is 5. The van der Waals surface area contributed by atoms with Gasteiger partial charge in [0.2, 0.25) is 0 Å². The fraction of sp³-hybridized carbons (Fsp3) is 0.385. The SMILES string of the molecule is COCc1nc2c(c(Nc3ccc(C(C)(C)C#N)cc3)n1)CCN(c1ncccc1C(F)(F)F)CC2. The first kappa shape index (κ1) is 25.4. The number of fused-ring (bicyclic) bond motifs is 1. The molecule has 3 heterocycles. The molecular formula is C26H27F3N6O. The fourth-order valence-electron chi connectivity index (χ4n) is 4.20. The molecule has 0 saturated carbocycles. The zero-order valence-electron chi connectivity index (χ0n) is 20.4. The number of halogens is 3. The van der Waals surface area contributed by atoms with Crippen LogP contribution in [0.4, 0.5) is 30.5 Å². The van der Waals surface area contributed by atoms with Gasteiger partial charge < -0.3 is 15.0 Å². The number of alkyl halides is 3. The first-order chi connectivity index (χ1) is 17.1. The van der Waals surface area contributed by atoms with Gasteiger partial charge in [-0.15, -0.1) is 0 Å². The Balaban J connectivity index is 1.64. The lowest BCUT2D eigenvalue weighted by Gasteiger charge is -2.24. The summed E-state index contributed by atoms with van der Waals surface area (Å²) in [4.78, 5) is 15.0. The molecule has 2 aromatic heterocycles. The molecule has 0 bridgehead atoms.